The predicted octanol–water partition coefficient (Wildman–Crippen LogP) is 3.49. The van der Waals surface area contributed by atoms with E-state index in [4.69, 9.17) is 21.1 Å². The number of para-hydroxylation sites is 1. The molecule has 168 valence electrons. The standard InChI is InChI=1S/C24H27ClN4O3/c1-31-20-8-10-21(11-9-20)32-17-5-12-27-13-15-28(16-14-27)22-18-26-29(24(30)23(22)25)19-6-3-2-4-7-19/h2-4,6-11,18H,5,12-17H2,1H3. The molecule has 2 aromatic carbocycles. The Labute approximate surface area is 192 Å². The van der Waals surface area contributed by atoms with Crippen molar-refractivity contribution in [1.82, 2.24) is 14.7 Å². The normalized spacial score (nSPS) is 14.4. The molecule has 4 rings (SSSR count). The number of piperazine rings is 1. The quantitative estimate of drug-likeness (QED) is 0.486. The predicted molar refractivity (Wildman–Crippen MR) is 127 cm³/mol. The van der Waals surface area contributed by atoms with Gasteiger partial charge in [0.25, 0.3) is 5.56 Å². The van der Waals surface area contributed by atoms with Crippen molar-refractivity contribution in [2.24, 2.45) is 0 Å². The molecular weight excluding hydrogens is 428 g/mol. The number of aromatic nitrogens is 2. The lowest BCUT2D eigenvalue weighted by Gasteiger charge is -2.36. The highest BCUT2D eigenvalue weighted by Crippen LogP contribution is 2.23. The number of ether oxygens (including phenoxy) is 2. The molecule has 1 saturated heterocycles. The molecule has 1 aliphatic heterocycles. The highest BCUT2D eigenvalue weighted by atomic mass is 35.5. The van der Waals surface area contributed by atoms with Crippen LogP contribution in [0.1, 0.15) is 6.42 Å². The van der Waals surface area contributed by atoms with E-state index in [1.807, 2.05) is 54.6 Å². The van der Waals surface area contributed by atoms with Crippen LogP contribution in [-0.4, -0.2) is 61.1 Å². The van der Waals surface area contributed by atoms with E-state index in [0.29, 0.717) is 18.0 Å². The van der Waals surface area contributed by atoms with Crippen molar-refractivity contribution in [1.29, 1.82) is 0 Å². The average molecular weight is 455 g/mol. The van der Waals surface area contributed by atoms with Crippen LogP contribution in [0.15, 0.2) is 65.6 Å². The summed E-state index contributed by atoms with van der Waals surface area (Å²) in [4.78, 5) is 17.3. The van der Waals surface area contributed by atoms with Gasteiger partial charge < -0.3 is 14.4 Å². The molecular formula is C24H27ClN4O3. The fraction of sp³-hybridized carbons (Fsp3) is 0.333. The second-order valence-corrected chi connectivity index (χ2v) is 7.98. The first kappa shape index (κ1) is 22.2. The zero-order valence-corrected chi connectivity index (χ0v) is 18.9. The Kier molecular flexibility index (Phi) is 7.29. The Morgan fingerprint density at radius 2 is 1.66 bits per heavy atom. The number of methoxy groups -OCH3 is 1. The largest absolute Gasteiger partial charge is 0.497 e. The zero-order chi connectivity index (χ0) is 22.3. The number of nitrogens with zero attached hydrogens (tertiary/aromatic N) is 4. The van der Waals surface area contributed by atoms with Crippen LogP contribution in [0.4, 0.5) is 5.69 Å². The van der Waals surface area contributed by atoms with Gasteiger partial charge >= 0.3 is 0 Å². The first-order valence-electron chi connectivity index (χ1n) is 10.7. The van der Waals surface area contributed by atoms with Crippen LogP contribution in [0, 0.1) is 0 Å². The maximum absolute atomic E-state index is 12.7. The van der Waals surface area contributed by atoms with Crippen LogP contribution >= 0.6 is 11.6 Å². The Hall–Kier alpha value is -3.03. The second-order valence-electron chi connectivity index (χ2n) is 7.60. The highest BCUT2D eigenvalue weighted by Gasteiger charge is 2.21. The van der Waals surface area contributed by atoms with E-state index in [1.54, 1.807) is 13.3 Å². The summed E-state index contributed by atoms with van der Waals surface area (Å²) in [6, 6.07) is 16.9. The average Bonchev–Trinajstić information content (AvgIpc) is 2.85. The maximum atomic E-state index is 12.7. The summed E-state index contributed by atoms with van der Waals surface area (Å²) in [5.74, 6) is 1.67. The van der Waals surface area contributed by atoms with Crippen molar-refractivity contribution in [3.63, 3.8) is 0 Å². The molecule has 0 atom stereocenters. The van der Waals surface area contributed by atoms with Gasteiger partial charge in [-0.15, -0.1) is 0 Å². The Balaban J connectivity index is 1.26. The molecule has 0 amide bonds. The Bertz CT molecular complexity index is 1060. The lowest BCUT2D eigenvalue weighted by Crippen LogP contribution is -2.47. The van der Waals surface area contributed by atoms with Crippen molar-refractivity contribution in [3.8, 4) is 17.2 Å². The van der Waals surface area contributed by atoms with Crippen LogP contribution in [-0.2, 0) is 0 Å². The molecule has 8 heteroatoms. The first-order valence-corrected chi connectivity index (χ1v) is 11.1. The summed E-state index contributed by atoms with van der Waals surface area (Å²) in [5.41, 5.74) is 1.10. The summed E-state index contributed by atoms with van der Waals surface area (Å²) >= 11 is 6.44. The van der Waals surface area contributed by atoms with Gasteiger partial charge in [0, 0.05) is 32.7 Å². The topological polar surface area (TPSA) is 59.8 Å². The van der Waals surface area contributed by atoms with Gasteiger partial charge in [-0.1, -0.05) is 29.8 Å². The van der Waals surface area contributed by atoms with Crippen molar-refractivity contribution >= 4 is 17.3 Å². The van der Waals surface area contributed by atoms with E-state index in [-0.39, 0.29) is 10.6 Å². The summed E-state index contributed by atoms with van der Waals surface area (Å²) in [7, 11) is 1.65. The van der Waals surface area contributed by atoms with E-state index in [1.165, 1.54) is 4.68 Å². The van der Waals surface area contributed by atoms with E-state index < -0.39 is 0 Å². The number of rotatable bonds is 8. The molecule has 32 heavy (non-hydrogen) atoms. The van der Waals surface area contributed by atoms with Crippen LogP contribution in [0.25, 0.3) is 5.69 Å². The maximum Gasteiger partial charge on any atom is 0.292 e. The Morgan fingerprint density at radius 3 is 2.34 bits per heavy atom. The zero-order valence-electron chi connectivity index (χ0n) is 18.1. The third-order valence-electron chi connectivity index (χ3n) is 5.56. The third kappa shape index (κ3) is 5.23. The summed E-state index contributed by atoms with van der Waals surface area (Å²) < 4.78 is 12.3. The van der Waals surface area contributed by atoms with Crippen molar-refractivity contribution in [2.75, 3.05) is 51.3 Å². The molecule has 0 N–H and O–H groups in total. The smallest absolute Gasteiger partial charge is 0.292 e. The minimum atomic E-state index is -0.298. The van der Waals surface area contributed by atoms with Crippen LogP contribution in [0.2, 0.25) is 5.02 Å². The molecule has 0 radical (unpaired) electrons. The van der Waals surface area contributed by atoms with Gasteiger partial charge in [-0.2, -0.15) is 9.78 Å². The lowest BCUT2D eigenvalue weighted by molar-refractivity contribution is 0.224. The van der Waals surface area contributed by atoms with Gasteiger partial charge in [0.05, 0.1) is 31.3 Å². The van der Waals surface area contributed by atoms with E-state index in [2.05, 4.69) is 14.9 Å². The molecule has 0 aliphatic carbocycles. The van der Waals surface area contributed by atoms with Crippen LogP contribution in [0.3, 0.4) is 0 Å². The summed E-state index contributed by atoms with van der Waals surface area (Å²) in [6.07, 6.45) is 2.64. The molecule has 1 fully saturated rings. The highest BCUT2D eigenvalue weighted by molar-refractivity contribution is 6.33. The molecule has 0 bridgehead atoms. The fourth-order valence-corrected chi connectivity index (χ4v) is 4.01. The van der Waals surface area contributed by atoms with Crippen molar-refractivity contribution in [3.05, 3.63) is 76.2 Å². The van der Waals surface area contributed by atoms with Gasteiger partial charge in [-0.05, 0) is 42.8 Å². The molecule has 7 nitrogen and oxygen atoms in total. The van der Waals surface area contributed by atoms with E-state index in [0.717, 1.165) is 50.6 Å². The number of hydrogen-bond acceptors (Lipinski definition) is 6. The van der Waals surface area contributed by atoms with Crippen molar-refractivity contribution in [2.45, 2.75) is 6.42 Å². The molecule has 0 spiro atoms. The van der Waals surface area contributed by atoms with Crippen LogP contribution in [0.5, 0.6) is 11.5 Å². The molecule has 1 aliphatic rings. The number of halogens is 1. The number of anilines is 1. The van der Waals surface area contributed by atoms with Gasteiger partial charge in [0.15, 0.2) is 0 Å². The van der Waals surface area contributed by atoms with Gasteiger partial charge in [-0.25, -0.2) is 0 Å². The first-order chi connectivity index (χ1) is 15.7. The molecule has 1 aromatic heterocycles. The van der Waals surface area contributed by atoms with E-state index >= 15 is 0 Å². The van der Waals surface area contributed by atoms with Gasteiger partial charge in [0.2, 0.25) is 0 Å². The molecule has 0 unspecified atom stereocenters. The molecule has 0 saturated carbocycles. The van der Waals surface area contributed by atoms with Crippen LogP contribution < -0.4 is 19.9 Å². The van der Waals surface area contributed by atoms with Gasteiger partial charge in [0.1, 0.15) is 16.5 Å². The monoisotopic (exact) mass is 454 g/mol. The summed E-state index contributed by atoms with van der Waals surface area (Å²) in [6.45, 7) is 5.04. The summed E-state index contributed by atoms with van der Waals surface area (Å²) in [5, 5.41) is 4.56. The van der Waals surface area contributed by atoms with Crippen molar-refractivity contribution < 1.29 is 9.47 Å². The minimum Gasteiger partial charge on any atom is -0.497 e. The molecule has 2 heterocycles. The van der Waals surface area contributed by atoms with Gasteiger partial charge in [-0.3, -0.25) is 9.69 Å². The minimum absolute atomic E-state index is 0.213. The lowest BCUT2D eigenvalue weighted by atomic mass is 10.2. The molecule has 3 aromatic rings. The number of benzene rings is 2. The third-order valence-corrected chi connectivity index (χ3v) is 5.92. The second kappa shape index (κ2) is 10.5. The number of hydrogen-bond donors (Lipinski definition) is 0. The van der Waals surface area contributed by atoms with E-state index in [9.17, 15) is 4.79 Å². The fourth-order valence-electron chi connectivity index (χ4n) is 3.76. The Morgan fingerprint density at radius 1 is 0.969 bits per heavy atom. The SMILES string of the molecule is COc1ccc(OCCCN2CCN(c3cnn(-c4ccccc4)c(=O)c3Cl)CC2)cc1.